The summed E-state index contributed by atoms with van der Waals surface area (Å²) in [5.41, 5.74) is 0. The molecule has 0 saturated heterocycles. The molecule has 0 aromatic carbocycles. The number of aliphatic hydroxyl groups excluding tert-OH is 2. The van der Waals surface area contributed by atoms with E-state index >= 15 is 0 Å². The first-order valence-electron chi connectivity index (χ1n) is 6.71. The van der Waals surface area contributed by atoms with Crippen LogP contribution in [0.5, 0.6) is 0 Å². The van der Waals surface area contributed by atoms with Gasteiger partial charge in [-0.05, 0) is 35.2 Å². The van der Waals surface area contributed by atoms with Gasteiger partial charge in [-0.1, -0.05) is 0 Å². The maximum Gasteiger partial charge on any atom is 0.0746 e. The molecule has 0 bridgehead atoms. The predicted octanol–water partition coefficient (Wildman–Crippen LogP) is 4.47. The van der Waals surface area contributed by atoms with E-state index < -0.39 is 0 Å². The zero-order valence-electron chi connectivity index (χ0n) is 11.6. The Hall–Kier alpha value is 1.50. The molecule has 2 nitrogen and oxygen atoms in total. The number of rotatable bonds is 10. The van der Waals surface area contributed by atoms with Gasteiger partial charge in [0.2, 0.25) is 0 Å². The minimum absolute atomic E-state index is 0.196. The molecule has 8 heteroatoms. The van der Waals surface area contributed by atoms with Gasteiger partial charge in [-0.25, -0.2) is 0 Å². The summed E-state index contributed by atoms with van der Waals surface area (Å²) in [6.07, 6.45) is 2.41. The number of hydrogen-bond acceptors (Lipinski definition) is 8. The summed E-state index contributed by atoms with van der Waals surface area (Å²) in [7, 11) is 0. The number of hydrogen-bond donors (Lipinski definition) is 2. The largest absolute Gasteiger partial charge is 0.391 e. The van der Waals surface area contributed by atoms with E-state index in [0.29, 0.717) is 9.16 Å². The van der Waals surface area contributed by atoms with Gasteiger partial charge in [0.1, 0.15) is 0 Å². The second kappa shape index (κ2) is 11.1. The van der Waals surface area contributed by atoms with Gasteiger partial charge in [-0.2, -0.15) is 23.5 Å². The lowest BCUT2D eigenvalue weighted by atomic mass is 10.6. The van der Waals surface area contributed by atoms with Crippen molar-refractivity contribution in [3.05, 3.63) is 20.6 Å². The maximum absolute atomic E-state index is 9.04. The van der Waals surface area contributed by atoms with Crippen LogP contribution in [-0.4, -0.2) is 49.2 Å². The summed E-state index contributed by atoms with van der Waals surface area (Å²) < 4.78 is 1.22. The smallest absolute Gasteiger partial charge is 0.0746 e. The lowest BCUT2D eigenvalue weighted by Crippen LogP contribution is -1.97. The van der Waals surface area contributed by atoms with Crippen LogP contribution < -0.4 is 0 Å². The van der Waals surface area contributed by atoms with Crippen molar-refractivity contribution in [1.82, 2.24) is 0 Å². The summed E-state index contributed by atoms with van der Waals surface area (Å²) >= 11 is 11.4. The van der Waals surface area contributed by atoms with Crippen molar-refractivity contribution in [2.45, 2.75) is 22.0 Å². The molecule has 0 radical (unpaired) electrons. The first-order valence-corrected chi connectivity index (χ1v) is 12.7. The molecular formula is C13H20O2S6. The third kappa shape index (κ3) is 7.28. The van der Waals surface area contributed by atoms with E-state index in [1.165, 1.54) is 29.4 Å². The Morgan fingerprint density at radius 2 is 1.33 bits per heavy atom. The van der Waals surface area contributed by atoms with Crippen LogP contribution in [0.2, 0.25) is 0 Å². The monoisotopic (exact) mass is 400 g/mol. The number of aliphatic hydroxyl groups is 2. The first kappa shape index (κ1) is 18.8. The Kier molecular flexibility index (Phi) is 9.98. The Morgan fingerprint density at radius 1 is 0.857 bits per heavy atom. The molecule has 2 rings (SSSR count). The quantitative estimate of drug-likeness (QED) is 0.411. The summed E-state index contributed by atoms with van der Waals surface area (Å²) in [6, 6.07) is 0. The average Bonchev–Trinajstić information content (AvgIpc) is 3.15. The Morgan fingerprint density at radius 3 is 1.71 bits per heavy atom. The highest BCUT2D eigenvalue weighted by Gasteiger charge is 2.18. The van der Waals surface area contributed by atoms with Crippen molar-refractivity contribution >= 4 is 70.6 Å². The van der Waals surface area contributed by atoms with Crippen molar-refractivity contribution in [2.75, 3.05) is 29.8 Å². The van der Waals surface area contributed by atoms with E-state index in [2.05, 4.69) is 10.8 Å². The number of thioether (sulfide) groups is 6. The highest BCUT2D eigenvalue weighted by molar-refractivity contribution is 8.23. The fourth-order valence-electron chi connectivity index (χ4n) is 1.69. The van der Waals surface area contributed by atoms with Crippen LogP contribution in [0.15, 0.2) is 20.6 Å². The standard InChI is InChI=1S/C13H20O2S6/c14-5-10-7-18-12(20-10)1-3-16-9-17-4-2-13-19-8-11(6-15)21-13/h7-8,12-15H,1-6,9H2. The molecule has 0 saturated carbocycles. The zero-order valence-corrected chi connectivity index (χ0v) is 16.5. The van der Waals surface area contributed by atoms with E-state index in [-0.39, 0.29) is 13.2 Å². The van der Waals surface area contributed by atoms with Gasteiger partial charge in [0.15, 0.2) is 0 Å². The Bertz CT molecular complexity index is 340. The Labute approximate surface area is 152 Å². The molecule has 2 heterocycles. The van der Waals surface area contributed by atoms with Crippen LogP contribution in [0.4, 0.5) is 0 Å². The van der Waals surface area contributed by atoms with E-state index in [1.54, 1.807) is 0 Å². The molecule has 2 unspecified atom stereocenters. The summed E-state index contributed by atoms with van der Waals surface area (Å²) in [5, 5.41) is 23.5. The first-order chi connectivity index (χ1) is 10.3. The average molecular weight is 401 g/mol. The van der Waals surface area contributed by atoms with E-state index in [4.69, 9.17) is 10.2 Å². The van der Waals surface area contributed by atoms with Gasteiger partial charge < -0.3 is 10.2 Å². The molecule has 2 aliphatic heterocycles. The van der Waals surface area contributed by atoms with E-state index in [0.717, 1.165) is 9.81 Å². The second-order valence-electron chi connectivity index (χ2n) is 4.36. The minimum atomic E-state index is 0.196. The van der Waals surface area contributed by atoms with Crippen LogP contribution in [0.25, 0.3) is 0 Å². The van der Waals surface area contributed by atoms with Crippen molar-refractivity contribution in [3.8, 4) is 0 Å². The molecule has 2 aliphatic rings. The molecule has 0 amide bonds. The van der Waals surface area contributed by atoms with Crippen LogP contribution in [-0.2, 0) is 0 Å². The van der Waals surface area contributed by atoms with E-state index in [9.17, 15) is 0 Å². The van der Waals surface area contributed by atoms with Gasteiger partial charge in [0.05, 0.1) is 22.4 Å². The Balaban J connectivity index is 1.38. The van der Waals surface area contributed by atoms with Crippen molar-refractivity contribution in [2.24, 2.45) is 0 Å². The van der Waals surface area contributed by atoms with Crippen LogP contribution in [0.1, 0.15) is 12.8 Å². The molecule has 2 atom stereocenters. The molecular weight excluding hydrogens is 381 g/mol. The fourth-order valence-corrected chi connectivity index (χ4v) is 9.36. The van der Waals surface area contributed by atoms with Gasteiger partial charge in [0.25, 0.3) is 0 Å². The molecule has 0 aromatic rings. The van der Waals surface area contributed by atoms with Gasteiger partial charge in [-0.3, -0.25) is 0 Å². The molecule has 21 heavy (non-hydrogen) atoms. The highest BCUT2D eigenvalue weighted by Crippen LogP contribution is 2.42. The van der Waals surface area contributed by atoms with Crippen LogP contribution in [0, 0.1) is 0 Å². The maximum atomic E-state index is 9.04. The lowest BCUT2D eigenvalue weighted by molar-refractivity contribution is 0.339. The SMILES string of the molecule is OCC1=CSC(CCSCSCCC2SC=C(CO)S2)S1. The summed E-state index contributed by atoms with van der Waals surface area (Å²) in [4.78, 5) is 2.23. The third-order valence-corrected chi connectivity index (χ3v) is 10.7. The topological polar surface area (TPSA) is 40.5 Å². The van der Waals surface area contributed by atoms with Crippen LogP contribution >= 0.6 is 70.6 Å². The second-order valence-corrected chi connectivity index (χ2v) is 12.3. The predicted molar refractivity (Wildman–Crippen MR) is 107 cm³/mol. The highest BCUT2D eigenvalue weighted by atomic mass is 32.2. The fraction of sp³-hybridized carbons (Fsp3) is 0.692. The molecule has 120 valence electrons. The molecule has 2 N–H and O–H groups in total. The van der Waals surface area contributed by atoms with Gasteiger partial charge in [0, 0.05) is 14.9 Å². The molecule has 0 aliphatic carbocycles. The third-order valence-electron chi connectivity index (χ3n) is 2.74. The molecule has 0 spiro atoms. The molecule has 0 aromatic heterocycles. The van der Waals surface area contributed by atoms with Gasteiger partial charge in [-0.15, -0.1) is 47.0 Å². The summed E-state index contributed by atoms with van der Waals surface area (Å²) in [6.45, 7) is 0.391. The zero-order chi connectivity index (χ0) is 14.9. The molecule has 0 fully saturated rings. The van der Waals surface area contributed by atoms with Crippen molar-refractivity contribution in [3.63, 3.8) is 0 Å². The van der Waals surface area contributed by atoms with E-state index in [1.807, 2.05) is 70.6 Å². The normalized spacial score (nSPS) is 25.2. The summed E-state index contributed by atoms with van der Waals surface area (Å²) in [5.74, 6) is 2.40. The van der Waals surface area contributed by atoms with Crippen molar-refractivity contribution in [1.29, 1.82) is 0 Å². The lowest BCUT2D eigenvalue weighted by Gasteiger charge is -2.09. The van der Waals surface area contributed by atoms with Crippen molar-refractivity contribution < 1.29 is 10.2 Å². The van der Waals surface area contributed by atoms with Gasteiger partial charge >= 0.3 is 0 Å². The minimum Gasteiger partial charge on any atom is -0.391 e. The van der Waals surface area contributed by atoms with Crippen LogP contribution in [0.3, 0.4) is 0 Å².